The van der Waals surface area contributed by atoms with Crippen molar-refractivity contribution in [2.75, 3.05) is 11.1 Å². The Balaban J connectivity index is 1.87. The monoisotopic (exact) mass is 361 g/mol. The standard InChI is InChI=1S/C13H12F5N7/c14-12(15)3-1-6(5-12)21-11-24-9(23-10(19)25-11)8-20-4-2-7(22-8)13(16,17)18/h2,4,6H,1,3,5H2,(H3,19,21,23,24,25). The van der Waals surface area contributed by atoms with Crippen molar-refractivity contribution in [3.05, 3.63) is 18.0 Å². The van der Waals surface area contributed by atoms with Crippen molar-refractivity contribution < 1.29 is 22.0 Å². The summed E-state index contributed by atoms with van der Waals surface area (Å²) in [5.41, 5.74) is 4.35. The third-order valence-electron chi connectivity index (χ3n) is 3.54. The second kappa shape index (κ2) is 6.01. The average Bonchev–Trinajstić information content (AvgIpc) is 2.85. The summed E-state index contributed by atoms with van der Waals surface area (Å²) in [6.07, 6.45) is -4.21. The van der Waals surface area contributed by atoms with Gasteiger partial charge in [0.2, 0.25) is 23.6 Å². The van der Waals surface area contributed by atoms with E-state index in [2.05, 4.69) is 30.2 Å². The van der Waals surface area contributed by atoms with E-state index in [4.69, 9.17) is 5.73 Å². The second-order valence-electron chi connectivity index (χ2n) is 5.54. The highest BCUT2D eigenvalue weighted by Crippen LogP contribution is 2.36. The van der Waals surface area contributed by atoms with Crippen molar-refractivity contribution in [3.8, 4) is 11.6 Å². The normalized spacial score (nSPS) is 19.8. The molecule has 0 radical (unpaired) electrons. The lowest BCUT2D eigenvalue weighted by Gasteiger charge is -2.13. The lowest BCUT2D eigenvalue weighted by Crippen LogP contribution is -2.21. The number of nitrogens with zero attached hydrogens (tertiary/aromatic N) is 5. The summed E-state index contributed by atoms with van der Waals surface area (Å²) in [5.74, 6) is -3.87. The SMILES string of the molecule is Nc1nc(NC2CCC(F)(F)C2)nc(-c2nccc(C(F)(F)F)n2)n1. The van der Waals surface area contributed by atoms with Gasteiger partial charge in [0.1, 0.15) is 5.69 Å². The Morgan fingerprint density at radius 1 is 1.12 bits per heavy atom. The molecule has 1 fully saturated rings. The number of hydrogen-bond acceptors (Lipinski definition) is 7. The highest BCUT2D eigenvalue weighted by Gasteiger charge is 2.39. The van der Waals surface area contributed by atoms with Crippen LogP contribution in [0.15, 0.2) is 12.3 Å². The minimum Gasteiger partial charge on any atom is -0.368 e. The van der Waals surface area contributed by atoms with E-state index in [0.717, 1.165) is 6.20 Å². The van der Waals surface area contributed by atoms with E-state index < -0.39 is 36.1 Å². The summed E-state index contributed by atoms with van der Waals surface area (Å²) < 4.78 is 64.7. The molecule has 0 amide bonds. The van der Waals surface area contributed by atoms with Crippen LogP contribution in [0.3, 0.4) is 0 Å². The summed E-state index contributed by atoms with van der Waals surface area (Å²) in [5, 5.41) is 2.69. The maximum absolute atomic E-state index is 13.2. The molecule has 134 valence electrons. The second-order valence-corrected chi connectivity index (χ2v) is 5.54. The van der Waals surface area contributed by atoms with Gasteiger partial charge in [-0.25, -0.2) is 18.7 Å². The molecule has 1 aliphatic carbocycles. The summed E-state index contributed by atoms with van der Waals surface area (Å²) in [4.78, 5) is 18.4. The van der Waals surface area contributed by atoms with Crippen LogP contribution in [0.4, 0.5) is 33.8 Å². The molecule has 2 aromatic rings. The largest absolute Gasteiger partial charge is 0.433 e. The zero-order valence-electron chi connectivity index (χ0n) is 12.6. The first-order valence-electron chi connectivity index (χ1n) is 7.19. The predicted molar refractivity (Wildman–Crippen MR) is 76.5 cm³/mol. The Labute approximate surface area is 137 Å². The molecule has 0 aromatic carbocycles. The molecule has 7 nitrogen and oxygen atoms in total. The first kappa shape index (κ1) is 17.2. The van der Waals surface area contributed by atoms with E-state index in [-0.39, 0.29) is 30.6 Å². The van der Waals surface area contributed by atoms with Gasteiger partial charge < -0.3 is 11.1 Å². The van der Waals surface area contributed by atoms with Crippen molar-refractivity contribution in [3.63, 3.8) is 0 Å². The van der Waals surface area contributed by atoms with Crippen LogP contribution in [0.5, 0.6) is 0 Å². The van der Waals surface area contributed by atoms with Gasteiger partial charge in [0.05, 0.1) is 0 Å². The van der Waals surface area contributed by atoms with E-state index in [1.165, 1.54) is 0 Å². The molecule has 12 heteroatoms. The van der Waals surface area contributed by atoms with Gasteiger partial charge in [-0.05, 0) is 12.5 Å². The summed E-state index contributed by atoms with van der Waals surface area (Å²) in [6.45, 7) is 0. The van der Waals surface area contributed by atoms with Gasteiger partial charge in [0.15, 0.2) is 5.82 Å². The van der Waals surface area contributed by atoms with Crippen molar-refractivity contribution in [2.24, 2.45) is 0 Å². The van der Waals surface area contributed by atoms with Gasteiger partial charge in [0.25, 0.3) is 0 Å². The molecular weight excluding hydrogens is 349 g/mol. The maximum Gasteiger partial charge on any atom is 0.433 e. The first-order valence-corrected chi connectivity index (χ1v) is 7.19. The fourth-order valence-electron chi connectivity index (χ4n) is 2.44. The third kappa shape index (κ3) is 4.06. The van der Waals surface area contributed by atoms with Gasteiger partial charge in [0, 0.05) is 25.1 Å². The summed E-state index contributed by atoms with van der Waals surface area (Å²) in [7, 11) is 0. The zero-order valence-corrected chi connectivity index (χ0v) is 12.6. The highest BCUT2D eigenvalue weighted by atomic mass is 19.4. The van der Waals surface area contributed by atoms with Gasteiger partial charge in [-0.2, -0.15) is 28.1 Å². The molecule has 3 N–H and O–H groups in total. The fraction of sp³-hybridized carbons (Fsp3) is 0.462. The molecule has 1 aliphatic rings. The van der Waals surface area contributed by atoms with E-state index in [0.29, 0.717) is 6.07 Å². The summed E-state index contributed by atoms with van der Waals surface area (Å²) >= 11 is 0. The van der Waals surface area contributed by atoms with Crippen LogP contribution in [-0.4, -0.2) is 36.9 Å². The van der Waals surface area contributed by atoms with Crippen LogP contribution in [0, 0.1) is 0 Å². The predicted octanol–water partition coefficient (Wildman–Crippen LogP) is 2.53. The number of hydrogen-bond donors (Lipinski definition) is 2. The Hall–Kier alpha value is -2.66. The first-order chi connectivity index (χ1) is 11.6. The van der Waals surface area contributed by atoms with Crippen molar-refractivity contribution in [1.82, 2.24) is 24.9 Å². The van der Waals surface area contributed by atoms with Gasteiger partial charge in [-0.3, -0.25) is 0 Å². The molecule has 2 aromatic heterocycles. The smallest absolute Gasteiger partial charge is 0.368 e. The number of anilines is 2. The zero-order chi connectivity index (χ0) is 18.2. The Morgan fingerprint density at radius 3 is 2.52 bits per heavy atom. The van der Waals surface area contributed by atoms with E-state index >= 15 is 0 Å². The Kier molecular flexibility index (Phi) is 4.13. The molecule has 1 unspecified atom stereocenters. The number of nitrogens with one attached hydrogen (secondary N) is 1. The van der Waals surface area contributed by atoms with Gasteiger partial charge in [-0.1, -0.05) is 0 Å². The molecule has 0 bridgehead atoms. The lowest BCUT2D eigenvalue weighted by atomic mass is 10.2. The minimum absolute atomic E-state index is 0.119. The van der Waals surface area contributed by atoms with Gasteiger partial charge >= 0.3 is 6.18 Å². The Morgan fingerprint density at radius 2 is 1.88 bits per heavy atom. The van der Waals surface area contributed by atoms with Crippen molar-refractivity contribution in [1.29, 1.82) is 0 Å². The molecule has 25 heavy (non-hydrogen) atoms. The van der Waals surface area contributed by atoms with Crippen LogP contribution in [0.2, 0.25) is 0 Å². The van der Waals surface area contributed by atoms with Crippen molar-refractivity contribution >= 4 is 11.9 Å². The van der Waals surface area contributed by atoms with Crippen LogP contribution >= 0.6 is 0 Å². The van der Waals surface area contributed by atoms with E-state index in [9.17, 15) is 22.0 Å². The average molecular weight is 361 g/mol. The molecular formula is C13H12F5N7. The van der Waals surface area contributed by atoms with Crippen LogP contribution in [0.1, 0.15) is 25.0 Å². The number of halogens is 5. The lowest BCUT2D eigenvalue weighted by molar-refractivity contribution is -0.141. The fourth-order valence-corrected chi connectivity index (χ4v) is 2.44. The summed E-state index contributed by atoms with van der Waals surface area (Å²) in [6, 6.07) is 0.125. The molecule has 0 aliphatic heterocycles. The van der Waals surface area contributed by atoms with Crippen molar-refractivity contribution in [2.45, 2.75) is 37.4 Å². The van der Waals surface area contributed by atoms with Crippen LogP contribution < -0.4 is 11.1 Å². The number of rotatable bonds is 3. The molecule has 1 saturated carbocycles. The van der Waals surface area contributed by atoms with Crippen LogP contribution in [0.25, 0.3) is 11.6 Å². The molecule has 0 spiro atoms. The topological polar surface area (TPSA) is 102 Å². The minimum atomic E-state index is -4.66. The van der Waals surface area contributed by atoms with E-state index in [1.807, 2.05) is 0 Å². The number of nitrogen functional groups attached to an aromatic ring is 1. The molecule has 1 atom stereocenters. The molecule has 0 saturated heterocycles. The maximum atomic E-state index is 13.2. The molecule has 2 heterocycles. The number of alkyl halides is 5. The molecule has 3 rings (SSSR count). The van der Waals surface area contributed by atoms with Gasteiger partial charge in [-0.15, -0.1) is 0 Å². The third-order valence-corrected chi connectivity index (χ3v) is 3.54. The number of aromatic nitrogens is 5. The Bertz CT molecular complexity index is 780. The van der Waals surface area contributed by atoms with Crippen LogP contribution in [-0.2, 0) is 6.18 Å². The number of nitrogens with two attached hydrogens (primary N) is 1. The quantitative estimate of drug-likeness (QED) is 0.810. The highest BCUT2D eigenvalue weighted by molar-refractivity contribution is 5.49. The van der Waals surface area contributed by atoms with E-state index in [1.54, 1.807) is 0 Å².